The van der Waals surface area contributed by atoms with Crippen molar-refractivity contribution in [1.29, 1.82) is 5.26 Å². The number of pyridine rings is 2. The maximum absolute atomic E-state index is 13.0. The third kappa shape index (κ3) is 9.21. The number of ether oxygens (including phenoxy) is 1. The Morgan fingerprint density at radius 2 is 2.02 bits per heavy atom. The molecule has 4 rings (SSSR count). The van der Waals surface area contributed by atoms with Gasteiger partial charge in [-0.25, -0.2) is 15.2 Å². The van der Waals surface area contributed by atoms with Crippen molar-refractivity contribution in [2.24, 2.45) is 11.3 Å². The van der Waals surface area contributed by atoms with E-state index in [0.29, 0.717) is 47.6 Å². The zero-order valence-electron chi connectivity index (χ0n) is 27.1. The SMILES string of the molecule is Cc1nc(N2CCC(OCCCC(C)(C)C)C2=O)ccc1C(=O)NSc1cccc(NCCCC2CB(C#N)C(C)(C)C2)n1. The highest BCUT2D eigenvalue weighted by atomic mass is 32.2. The number of carbonyl (C=O) groups excluding carboxylic acids is 2. The smallest absolute Gasteiger partial charge is 0.273 e. The summed E-state index contributed by atoms with van der Waals surface area (Å²) < 4.78 is 8.76. The zero-order valence-corrected chi connectivity index (χ0v) is 27.9. The van der Waals surface area contributed by atoms with Crippen LogP contribution in [-0.2, 0) is 9.53 Å². The van der Waals surface area contributed by atoms with E-state index < -0.39 is 6.10 Å². The molecule has 0 aliphatic carbocycles. The van der Waals surface area contributed by atoms with Gasteiger partial charge in [-0.3, -0.25) is 19.2 Å². The number of nitriles is 1. The van der Waals surface area contributed by atoms with E-state index in [1.165, 1.54) is 0 Å². The first-order valence-electron chi connectivity index (χ1n) is 15.8. The van der Waals surface area contributed by atoms with E-state index >= 15 is 0 Å². The molecule has 2 aromatic heterocycles. The van der Waals surface area contributed by atoms with Crippen molar-refractivity contribution in [2.75, 3.05) is 29.9 Å². The van der Waals surface area contributed by atoms with Crippen molar-refractivity contribution in [3.63, 3.8) is 0 Å². The van der Waals surface area contributed by atoms with Crippen molar-refractivity contribution in [3.8, 4) is 5.97 Å². The van der Waals surface area contributed by atoms with Gasteiger partial charge < -0.3 is 10.1 Å². The molecule has 2 unspecified atom stereocenters. The second kappa shape index (κ2) is 14.8. The predicted molar refractivity (Wildman–Crippen MR) is 178 cm³/mol. The summed E-state index contributed by atoms with van der Waals surface area (Å²) in [5.41, 5.74) is 1.25. The fourth-order valence-electron chi connectivity index (χ4n) is 6.20. The Bertz CT molecular complexity index is 1360. The topological polar surface area (TPSA) is 120 Å². The second-order valence-corrected chi connectivity index (χ2v) is 14.9. The maximum atomic E-state index is 13.0. The van der Waals surface area contributed by atoms with E-state index in [2.05, 4.69) is 60.6 Å². The summed E-state index contributed by atoms with van der Waals surface area (Å²) in [5, 5.41) is 13.6. The van der Waals surface area contributed by atoms with Crippen LogP contribution in [0.4, 0.5) is 11.6 Å². The molecule has 2 fully saturated rings. The van der Waals surface area contributed by atoms with E-state index in [1.807, 2.05) is 18.2 Å². The van der Waals surface area contributed by atoms with E-state index in [1.54, 1.807) is 24.0 Å². The van der Waals surface area contributed by atoms with Crippen molar-refractivity contribution in [1.82, 2.24) is 14.7 Å². The molecule has 0 saturated carbocycles. The molecule has 44 heavy (non-hydrogen) atoms. The van der Waals surface area contributed by atoms with Gasteiger partial charge in [-0.1, -0.05) is 53.4 Å². The van der Waals surface area contributed by atoms with Gasteiger partial charge >= 0.3 is 0 Å². The van der Waals surface area contributed by atoms with Crippen LogP contribution in [0, 0.1) is 29.5 Å². The maximum Gasteiger partial charge on any atom is 0.273 e. The number of anilines is 2. The Kier molecular flexibility index (Phi) is 11.4. The van der Waals surface area contributed by atoms with Crippen LogP contribution in [0.3, 0.4) is 0 Å². The summed E-state index contributed by atoms with van der Waals surface area (Å²) in [4.78, 5) is 36.8. The average Bonchev–Trinajstić information content (AvgIpc) is 3.48. The van der Waals surface area contributed by atoms with E-state index in [9.17, 15) is 14.9 Å². The fraction of sp³-hybridized carbons (Fsp3) is 0.606. The Labute approximate surface area is 267 Å². The largest absolute Gasteiger partial charge is 0.370 e. The van der Waals surface area contributed by atoms with Crippen LogP contribution in [0.2, 0.25) is 11.6 Å². The first-order chi connectivity index (χ1) is 20.9. The number of nitrogens with one attached hydrogen (secondary N) is 2. The molecule has 2 N–H and O–H groups in total. The molecule has 2 amide bonds. The van der Waals surface area contributed by atoms with E-state index in [-0.39, 0.29) is 29.3 Å². The lowest BCUT2D eigenvalue weighted by atomic mass is 9.37. The van der Waals surface area contributed by atoms with E-state index in [4.69, 9.17) is 4.74 Å². The highest BCUT2D eigenvalue weighted by Gasteiger charge is 2.43. The van der Waals surface area contributed by atoms with Crippen LogP contribution < -0.4 is 14.9 Å². The van der Waals surface area contributed by atoms with Gasteiger partial charge in [0.15, 0.2) is 0 Å². The van der Waals surface area contributed by atoms with Crippen LogP contribution in [0.25, 0.3) is 0 Å². The summed E-state index contributed by atoms with van der Waals surface area (Å²) in [7, 11) is 0. The molecule has 0 aromatic carbocycles. The lowest BCUT2D eigenvalue weighted by molar-refractivity contribution is -0.127. The van der Waals surface area contributed by atoms with E-state index in [0.717, 1.165) is 62.7 Å². The Hall–Kier alpha value is -3.10. The number of carbonyl (C=O) groups is 2. The number of nitrogens with zero attached hydrogens (tertiary/aromatic N) is 4. The van der Waals surface area contributed by atoms with Crippen molar-refractivity contribution < 1.29 is 14.3 Å². The first-order valence-corrected chi connectivity index (χ1v) is 16.7. The molecule has 0 spiro atoms. The van der Waals surface area contributed by atoms with Crippen molar-refractivity contribution in [3.05, 3.63) is 41.6 Å². The van der Waals surface area contributed by atoms with Crippen LogP contribution in [0.5, 0.6) is 0 Å². The first kappa shape index (κ1) is 33.8. The molecule has 2 atom stereocenters. The Morgan fingerprint density at radius 3 is 2.73 bits per heavy atom. The van der Waals surface area contributed by atoms with Gasteiger partial charge in [-0.05, 0) is 73.5 Å². The van der Waals surface area contributed by atoms with Gasteiger partial charge in [0.2, 0.25) is 0 Å². The number of rotatable bonds is 13. The third-order valence-corrected chi connectivity index (χ3v) is 9.41. The molecule has 236 valence electrons. The monoisotopic (exact) mass is 618 g/mol. The lowest BCUT2D eigenvalue weighted by Crippen LogP contribution is -2.32. The minimum Gasteiger partial charge on any atom is -0.370 e. The molecule has 0 bridgehead atoms. The fourth-order valence-corrected chi connectivity index (χ4v) is 6.80. The molecule has 2 saturated heterocycles. The predicted octanol–water partition coefficient (Wildman–Crippen LogP) is 6.72. The summed E-state index contributed by atoms with van der Waals surface area (Å²) >= 11 is 1.16. The lowest BCUT2D eigenvalue weighted by Gasteiger charge is -2.19. The average molecular weight is 619 g/mol. The Morgan fingerprint density at radius 1 is 1.23 bits per heavy atom. The number of aryl methyl sites for hydroxylation is 1. The molecule has 9 nitrogen and oxygen atoms in total. The quantitative estimate of drug-likeness (QED) is 0.144. The van der Waals surface area contributed by atoms with Crippen LogP contribution >= 0.6 is 11.9 Å². The molecule has 2 aliphatic heterocycles. The number of hydrogen-bond acceptors (Lipinski definition) is 8. The highest BCUT2D eigenvalue weighted by Crippen LogP contribution is 2.48. The molecule has 11 heteroatoms. The third-order valence-electron chi connectivity index (χ3n) is 8.69. The van der Waals surface area contributed by atoms with Crippen LogP contribution in [0.1, 0.15) is 89.2 Å². The number of amides is 2. The summed E-state index contributed by atoms with van der Waals surface area (Å²) in [6, 6.07) is 9.13. The zero-order chi connectivity index (χ0) is 31.9. The minimum atomic E-state index is -0.439. The van der Waals surface area contributed by atoms with Gasteiger partial charge in [0, 0.05) is 44.0 Å². The highest BCUT2D eigenvalue weighted by molar-refractivity contribution is 7.97. The van der Waals surface area contributed by atoms with Crippen molar-refractivity contribution >= 4 is 42.1 Å². The molecule has 4 heterocycles. The van der Waals surface area contributed by atoms with Gasteiger partial charge in [0.25, 0.3) is 18.5 Å². The number of aromatic nitrogens is 2. The summed E-state index contributed by atoms with van der Waals surface area (Å²) in [5.74, 6) is 4.05. The molecule has 0 radical (unpaired) electrons. The standard InChI is InChI=1S/C33H47BN6O3S/c1-23-25(13-14-28(37-23)40-18-15-26(31(40)42)43-19-9-16-32(2,3)4)30(41)39-44-29-12-7-11-27(38-29)36-17-8-10-24-20-33(5,6)34(21-24)22-35/h7,11-14,24,26H,8-10,15-21H2,1-6H3,(H,36,38)(H,39,41). The second-order valence-electron chi connectivity index (χ2n) is 14.0. The summed E-state index contributed by atoms with van der Waals surface area (Å²) in [6.07, 6.45) is 6.39. The van der Waals surface area contributed by atoms with Gasteiger partial charge in [-0.2, -0.15) is 0 Å². The normalized spacial score (nSPS) is 19.7. The van der Waals surface area contributed by atoms with Gasteiger partial charge in [0.1, 0.15) is 22.8 Å². The molecule has 2 aliphatic rings. The van der Waals surface area contributed by atoms with Gasteiger partial charge in [0.05, 0.1) is 11.3 Å². The van der Waals surface area contributed by atoms with Crippen LogP contribution in [0.15, 0.2) is 35.4 Å². The molecule has 2 aromatic rings. The van der Waals surface area contributed by atoms with Gasteiger partial charge in [-0.15, -0.1) is 0 Å². The van der Waals surface area contributed by atoms with Crippen LogP contribution in [-0.4, -0.2) is 54.3 Å². The molecular formula is C33H47BN6O3S. The molecular weight excluding hydrogens is 571 g/mol. The number of hydrogen-bond donors (Lipinski definition) is 2. The minimum absolute atomic E-state index is 0.0740. The Balaban J connectivity index is 1.22. The van der Waals surface area contributed by atoms with Crippen molar-refractivity contribution in [2.45, 2.75) is 103 Å². The summed E-state index contributed by atoms with van der Waals surface area (Å²) in [6.45, 7) is 14.9.